The van der Waals surface area contributed by atoms with Crippen LogP contribution in [0, 0.1) is 0 Å². The zero-order valence-corrected chi connectivity index (χ0v) is 9.00. The summed E-state index contributed by atoms with van der Waals surface area (Å²) in [6.45, 7) is 1.69. The highest BCUT2D eigenvalue weighted by molar-refractivity contribution is 9.10. The van der Waals surface area contributed by atoms with Crippen molar-refractivity contribution in [3.63, 3.8) is 0 Å². The molecule has 2 rings (SSSR count). The molecule has 0 atom stereocenters. The Hall–Kier alpha value is -0.540. The second kappa shape index (κ2) is 3.68. The van der Waals surface area contributed by atoms with Crippen molar-refractivity contribution < 1.29 is 9.47 Å². The van der Waals surface area contributed by atoms with Crippen LogP contribution in [-0.2, 0) is 4.74 Å². The number of benzene rings is 1. The van der Waals surface area contributed by atoms with Gasteiger partial charge in [0.25, 0.3) is 0 Å². The third-order valence-electron chi connectivity index (χ3n) is 2.29. The Kier molecular flexibility index (Phi) is 2.56. The minimum absolute atomic E-state index is 0.571. The maximum atomic E-state index is 5.15. The molecule has 1 fully saturated rings. The second-order valence-electron chi connectivity index (χ2n) is 3.13. The highest BCUT2D eigenvalue weighted by Crippen LogP contribution is 2.31. The molecule has 0 spiro atoms. The molecule has 1 aliphatic heterocycles. The summed E-state index contributed by atoms with van der Waals surface area (Å²) in [7, 11) is 1.67. The molecular formula is C10H11BrO2. The summed E-state index contributed by atoms with van der Waals surface area (Å²) in [6, 6.07) is 6.18. The molecular weight excluding hydrogens is 232 g/mol. The van der Waals surface area contributed by atoms with Crippen molar-refractivity contribution in [2.75, 3.05) is 20.3 Å². The second-order valence-corrected chi connectivity index (χ2v) is 3.98. The third-order valence-corrected chi connectivity index (χ3v) is 2.91. The number of rotatable bonds is 2. The molecule has 0 radical (unpaired) electrons. The van der Waals surface area contributed by atoms with Crippen LogP contribution in [0.15, 0.2) is 22.7 Å². The molecule has 0 saturated carbocycles. The van der Waals surface area contributed by atoms with E-state index < -0.39 is 0 Å². The van der Waals surface area contributed by atoms with E-state index in [-0.39, 0.29) is 0 Å². The Labute approximate surface area is 86.0 Å². The van der Waals surface area contributed by atoms with Gasteiger partial charge in [-0.15, -0.1) is 0 Å². The third kappa shape index (κ3) is 1.71. The predicted octanol–water partition coefficient (Wildman–Crippen LogP) is 2.57. The van der Waals surface area contributed by atoms with Crippen molar-refractivity contribution in [1.82, 2.24) is 0 Å². The van der Waals surface area contributed by atoms with Crippen LogP contribution in [0.4, 0.5) is 0 Å². The van der Waals surface area contributed by atoms with Gasteiger partial charge in [-0.1, -0.05) is 6.07 Å². The maximum absolute atomic E-state index is 5.15. The first-order valence-electron chi connectivity index (χ1n) is 4.22. The van der Waals surface area contributed by atoms with Gasteiger partial charge < -0.3 is 9.47 Å². The van der Waals surface area contributed by atoms with E-state index in [0.717, 1.165) is 23.4 Å². The number of hydrogen-bond acceptors (Lipinski definition) is 2. The summed E-state index contributed by atoms with van der Waals surface area (Å²) >= 11 is 3.46. The average molecular weight is 243 g/mol. The van der Waals surface area contributed by atoms with Gasteiger partial charge in [0, 0.05) is 5.92 Å². The van der Waals surface area contributed by atoms with Gasteiger partial charge >= 0.3 is 0 Å². The topological polar surface area (TPSA) is 18.5 Å². The van der Waals surface area contributed by atoms with Crippen LogP contribution in [0.25, 0.3) is 0 Å². The Morgan fingerprint density at radius 3 is 2.69 bits per heavy atom. The van der Waals surface area contributed by atoms with Crippen LogP contribution >= 0.6 is 15.9 Å². The molecule has 1 saturated heterocycles. The molecule has 1 aromatic carbocycles. The highest BCUT2D eigenvalue weighted by atomic mass is 79.9. The fourth-order valence-corrected chi connectivity index (χ4v) is 1.92. The number of halogens is 1. The minimum Gasteiger partial charge on any atom is -0.496 e. The van der Waals surface area contributed by atoms with Crippen molar-refractivity contribution in [3.8, 4) is 5.75 Å². The summed E-state index contributed by atoms with van der Waals surface area (Å²) in [5.41, 5.74) is 1.32. The fraction of sp³-hybridized carbons (Fsp3) is 0.400. The standard InChI is InChI=1S/C10H11BrO2/c1-12-10-3-2-7(4-9(10)11)8-5-13-6-8/h2-4,8H,5-6H2,1H3. The Morgan fingerprint density at radius 1 is 1.46 bits per heavy atom. The lowest BCUT2D eigenvalue weighted by atomic mass is 9.98. The minimum atomic E-state index is 0.571. The zero-order valence-electron chi connectivity index (χ0n) is 7.42. The van der Waals surface area contributed by atoms with Gasteiger partial charge in [-0.3, -0.25) is 0 Å². The fourth-order valence-electron chi connectivity index (χ4n) is 1.36. The number of methoxy groups -OCH3 is 1. The molecule has 70 valence electrons. The van der Waals surface area contributed by atoms with Gasteiger partial charge in [-0.25, -0.2) is 0 Å². The van der Waals surface area contributed by atoms with E-state index >= 15 is 0 Å². The van der Waals surface area contributed by atoms with Crippen LogP contribution in [-0.4, -0.2) is 20.3 Å². The lowest BCUT2D eigenvalue weighted by Crippen LogP contribution is -2.24. The quantitative estimate of drug-likeness (QED) is 0.794. The van der Waals surface area contributed by atoms with E-state index in [9.17, 15) is 0 Å². The van der Waals surface area contributed by atoms with E-state index in [2.05, 4.69) is 28.1 Å². The summed E-state index contributed by atoms with van der Waals surface area (Å²) in [5, 5.41) is 0. The zero-order chi connectivity index (χ0) is 9.26. The molecule has 0 aromatic heterocycles. The molecule has 0 amide bonds. The van der Waals surface area contributed by atoms with Crippen LogP contribution in [0.5, 0.6) is 5.75 Å². The Morgan fingerprint density at radius 2 is 2.23 bits per heavy atom. The summed E-state index contributed by atoms with van der Waals surface area (Å²) in [4.78, 5) is 0. The molecule has 1 aliphatic rings. The smallest absolute Gasteiger partial charge is 0.133 e. The molecule has 1 heterocycles. The van der Waals surface area contributed by atoms with E-state index in [1.807, 2.05) is 6.07 Å². The van der Waals surface area contributed by atoms with Crippen molar-refractivity contribution in [1.29, 1.82) is 0 Å². The monoisotopic (exact) mass is 242 g/mol. The van der Waals surface area contributed by atoms with E-state index in [1.54, 1.807) is 7.11 Å². The van der Waals surface area contributed by atoms with Crippen molar-refractivity contribution in [3.05, 3.63) is 28.2 Å². The van der Waals surface area contributed by atoms with E-state index in [4.69, 9.17) is 9.47 Å². The molecule has 3 heteroatoms. The highest BCUT2D eigenvalue weighted by Gasteiger charge is 2.20. The first-order chi connectivity index (χ1) is 6.31. The van der Waals surface area contributed by atoms with Gasteiger partial charge in [0.2, 0.25) is 0 Å². The summed E-state index contributed by atoms with van der Waals surface area (Å²) in [5.74, 6) is 1.45. The molecule has 0 N–H and O–H groups in total. The molecule has 1 aromatic rings. The van der Waals surface area contributed by atoms with Crippen molar-refractivity contribution in [2.24, 2.45) is 0 Å². The normalized spacial score (nSPS) is 16.8. The SMILES string of the molecule is COc1ccc(C2COC2)cc1Br. The van der Waals surface area contributed by atoms with Gasteiger partial charge in [0.1, 0.15) is 5.75 Å². The first kappa shape index (κ1) is 9.03. The molecule has 2 nitrogen and oxygen atoms in total. The van der Waals surface area contributed by atoms with Crippen LogP contribution in [0.3, 0.4) is 0 Å². The molecule has 0 unspecified atom stereocenters. The maximum Gasteiger partial charge on any atom is 0.133 e. The van der Waals surface area contributed by atoms with Crippen LogP contribution in [0.1, 0.15) is 11.5 Å². The first-order valence-corrected chi connectivity index (χ1v) is 5.01. The van der Waals surface area contributed by atoms with Gasteiger partial charge in [-0.05, 0) is 33.6 Å². The summed E-state index contributed by atoms with van der Waals surface area (Å²) in [6.07, 6.45) is 0. The Balaban J connectivity index is 2.24. The van der Waals surface area contributed by atoms with Crippen LogP contribution < -0.4 is 4.74 Å². The van der Waals surface area contributed by atoms with Crippen LogP contribution in [0.2, 0.25) is 0 Å². The molecule has 13 heavy (non-hydrogen) atoms. The van der Waals surface area contributed by atoms with Crippen molar-refractivity contribution >= 4 is 15.9 Å². The molecule has 0 bridgehead atoms. The van der Waals surface area contributed by atoms with Crippen molar-refractivity contribution in [2.45, 2.75) is 5.92 Å². The number of ether oxygens (including phenoxy) is 2. The Bertz CT molecular complexity index is 308. The van der Waals surface area contributed by atoms with Gasteiger partial charge in [0.15, 0.2) is 0 Å². The predicted molar refractivity (Wildman–Crippen MR) is 54.3 cm³/mol. The lowest BCUT2D eigenvalue weighted by Gasteiger charge is -2.26. The van der Waals surface area contributed by atoms with Gasteiger partial charge in [-0.2, -0.15) is 0 Å². The number of hydrogen-bond donors (Lipinski definition) is 0. The summed E-state index contributed by atoms with van der Waals surface area (Å²) < 4.78 is 11.3. The van der Waals surface area contributed by atoms with E-state index in [0.29, 0.717) is 5.92 Å². The largest absolute Gasteiger partial charge is 0.496 e. The molecule has 0 aliphatic carbocycles. The lowest BCUT2D eigenvalue weighted by molar-refractivity contribution is 0.00838. The van der Waals surface area contributed by atoms with E-state index in [1.165, 1.54) is 5.56 Å². The van der Waals surface area contributed by atoms with Gasteiger partial charge in [0.05, 0.1) is 24.8 Å². The average Bonchev–Trinajstić information content (AvgIpc) is 2.01.